The van der Waals surface area contributed by atoms with Crippen LogP contribution in [-0.2, 0) is 65.4 Å². The van der Waals surface area contributed by atoms with Gasteiger partial charge in [0.1, 0.15) is 19.3 Å². The fourth-order valence-corrected chi connectivity index (χ4v) is 11.3. The third-order valence-corrected chi connectivity index (χ3v) is 17.1. The second kappa shape index (κ2) is 61.1. The van der Waals surface area contributed by atoms with Crippen LogP contribution in [0.4, 0.5) is 0 Å². The monoisotopic (exact) mass is 1280 g/mol. The standard InChI is InChI=1S/C68H128O17P2/c1-6-9-12-15-18-21-24-26-27-28-30-33-38-43-48-53-67(72)84-63(57-79-66(71)52-47-42-37-32-29-25-22-19-16-13-10-7-2)59-82-86(74,75)80-55-62(69)56-81-87(76,77)83-60-64(85-68(73)54-49-44-39-34-35-40-45-50-61(4)5)58-78-65(70)51-46-41-36-31-23-20-17-14-11-8-3/h21,24,26-27,61-64,69H,6-20,22-23,25,28-60H2,1-5H3,(H,74,75)(H,76,77)/b24-21-,27-26-/t62-,63-,64-/m1/s1. The van der Waals surface area contributed by atoms with Crippen LogP contribution in [0.5, 0.6) is 0 Å². The molecule has 0 saturated heterocycles. The van der Waals surface area contributed by atoms with E-state index in [0.717, 1.165) is 103 Å². The highest BCUT2D eigenvalue weighted by molar-refractivity contribution is 7.47. The molecule has 0 rings (SSSR count). The molecule has 512 valence electrons. The van der Waals surface area contributed by atoms with Gasteiger partial charge in [0.25, 0.3) is 0 Å². The number of ether oxygens (including phenoxy) is 4. The lowest BCUT2D eigenvalue weighted by Crippen LogP contribution is -2.30. The Balaban J connectivity index is 5.28. The maximum Gasteiger partial charge on any atom is 0.472 e. The fraction of sp³-hybridized carbons (Fsp3) is 0.882. The third-order valence-electron chi connectivity index (χ3n) is 15.2. The Bertz CT molecular complexity index is 1780. The van der Waals surface area contributed by atoms with Crippen LogP contribution in [0, 0.1) is 5.92 Å². The number of esters is 4. The first-order valence-electron chi connectivity index (χ1n) is 35.0. The number of unbranched alkanes of at least 4 members (excludes halogenated alkanes) is 35. The number of aliphatic hydroxyl groups excluding tert-OH is 1. The Morgan fingerprint density at radius 3 is 0.943 bits per heavy atom. The molecule has 0 aliphatic rings. The summed E-state index contributed by atoms with van der Waals surface area (Å²) in [6.45, 7) is 7.09. The van der Waals surface area contributed by atoms with Crippen LogP contribution in [0.1, 0.15) is 324 Å². The van der Waals surface area contributed by atoms with E-state index in [2.05, 4.69) is 58.9 Å². The molecule has 0 amide bonds. The molecule has 87 heavy (non-hydrogen) atoms. The molecular weight excluding hydrogens is 1150 g/mol. The van der Waals surface area contributed by atoms with Gasteiger partial charge in [-0.25, -0.2) is 9.13 Å². The highest BCUT2D eigenvalue weighted by atomic mass is 31.2. The average molecular weight is 1280 g/mol. The number of allylic oxidation sites excluding steroid dienone is 4. The Kier molecular flexibility index (Phi) is 59.3. The normalized spacial score (nSPS) is 14.3. The van der Waals surface area contributed by atoms with Crippen molar-refractivity contribution in [2.75, 3.05) is 39.6 Å². The van der Waals surface area contributed by atoms with Gasteiger partial charge in [-0.2, -0.15) is 0 Å². The predicted octanol–water partition coefficient (Wildman–Crippen LogP) is 18.9. The Morgan fingerprint density at radius 2 is 0.621 bits per heavy atom. The molecule has 17 nitrogen and oxygen atoms in total. The molecule has 2 unspecified atom stereocenters. The third kappa shape index (κ3) is 62.1. The van der Waals surface area contributed by atoms with Crippen molar-refractivity contribution >= 4 is 39.5 Å². The van der Waals surface area contributed by atoms with Gasteiger partial charge < -0.3 is 33.8 Å². The molecule has 0 aromatic heterocycles. The van der Waals surface area contributed by atoms with E-state index in [9.17, 15) is 43.2 Å². The van der Waals surface area contributed by atoms with Crippen LogP contribution >= 0.6 is 15.6 Å². The van der Waals surface area contributed by atoms with E-state index in [-0.39, 0.29) is 25.7 Å². The topological polar surface area (TPSA) is 237 Å². The number of carbonyl (C=O) groups excluding carboxylic acids is 4. The number of phosphoric ester groups is 2. The Labute approximate surface area is 529 Å². The van der Waals surface area contributed by atoms with Crippen molar-refractivity contribution in [2.45, 2.75) is 342 Å². The number of aliphatic hydroxyl groups is 1. The lowest BCUT2D eigenvalue weighted by atomic mass is 10.0. The van der Waals surface area contributed by atoms with E-state index < -0.39 is 97.5 Å². The highest BCUT2D eigenvalue weighted by Gasteiger charge is 2.30. The molecule has 3 N–H and O–H groups in total. The Hall–Kier alpha value is -2.46. The minimum Gasteiger partial charge on any atom is -0.462 e. The van der Waals surface area contributed by atoms with Crippen LogP contribution < -0.4 is 0 Å². The smallest absolute Gasteiger partial charge is 0.462 e. The van der Waals surface area contributed by atoms with Crippen molar-refractivity contribution in [3.05, 3.63) is 24.3 Å². The summed E-state index contributed by atoms with van der Waals surface area (Å²) in [4.78, 5) is 72.4. The van der Waals surface area contributed by atoms with Crippen molar-refractivity contribution in [2.24, 2.45) is 5.92 Å². The summed E-state index contributed by atoms with van der Waals surface area (Å²) in [6.07, 6.45) is 49.4. The van der Waals surface area contributed by atoms with Crippen molar-refractivity contribution in [3.8, 4) is 0 Å². The van der Waals surface area contributed by atoms with Gasteiger partial charge in [-0.3, -0.25) is 37.3 Å². The van der Waals surface area contributed by atoms with Gasteiger partial charge in [-0.15, -0.1) is 0 Å². The van der Waals surface area contributed by atoms with Crippen molar-refractivity contribution < 1.29 is 80.2 Å². The second-order valence-corrected chi connectivity index (χ2v) is 27.3. The summed E-state index contributed by atoms with van der Waals surface area (Å²) in [5.41, 5.74) is 0. The number of hydrogen-bond donors (Lipinski definition) is 3. The fourth-order valence-electron chi connectivity index (χ4n) is 9.75. The summed E-state index contributed by atoms with van der Waals surface area (Å²) in [5, 5.41) is 10.6. The number of rotatable bonds is 66. The van der Waals surface area contributed by atoms with E-state index in [0.29, 0.717) is 31.6 Å². The molecule has 0 aromatic carbocycles. The summed E-state index contributed by atoms with van der Waals surface area (Å²) < 4.78 is 68.1. The molecule has 5 atom stereocenters. The van der Waals surface area contributed by atoms with Crippen molar-refractivity contribution in [3.63, 3.8) is 0 Å². The molecule has 0 heterocycles. The summed E-state index contributed by atoms with van der Waals surface area (Å²) >= 11 is 0. The average Bonchev–Trinajstić information content (AvgIpc) is 3.66. The predicted molar refractivity (Wildman–Crippen MR) is 349 cm³/mol. The largest absolute Gasteiger partial charge is 0.472 e. The molecule has 0 fully saturated rings. The maximum atomic E-state index is 13.0. The first-order valence-corrected chi connectivity index (χ1v) is 37.9. The first-order chi connectivity index (χ1) is 42.0. The zero-order valence-corrected chi connectivity index (χ0v) is 57.4. The van der Waals surface area contributed by atoms with Crippen LogP contribution in [0.25, 0.3) is 0 Å². The van der Waals surface area contributed by atoms with Gasteiger partial charge in [-0.05, 0) is 57.3 Å². The lowest BCUT2D eigenvalue weighted by molar-refractivity contribution is -0.161. The maximum absolute atomic E-state index is 13.0. The van der Waals surface area contributed by atoms with Crippen LogP contribution in [0.15, 0.2) is 24.3 Å². The lowest BCUT2D eigenvalue weighted by Gasteiger charge is -2.21. The molecule has 0 bridgehead atoms. The quantitative estimate of drug-likeness (QED) is 0.0169. The zero-order valence-electron chi connectivity index (χ0n) is 55.6. The van der Waals surface area contributed by atoms with Gasteiger partial charge in [-0.1, -0.05) is 271 Å². The van der Waals surface area contributed by atoms with Crippen molar-refractivity contribution in [1.29, 1.82) is 0 Å². The first kappa shape index (κ1) is 84.5. The SMILES string of the molecule is CCCCCC/C=C\C=C/CCCCCCCC(=O)O[C@H](COC(=O)CCCCCCCCCCCCCC)COP(=O)(O)OC[C@@H](O)COP(=O)(O)OC[C@@H](COC(=O)CCCCCCCCCCCC)OC(=O)CCCCCCCCCC(C)C. The number of carbonyl (C=O) groups is 4. The van der Waals surface area contributed by atoms with Crippen LogP contribution in [0.2, 0.25) is 0 Å². The van der Waals surface area contributed by atoms with Gasteiger partial charge in [0.05, 0.1) is 26.4 Å². The van der Waals surface area contributed by atoms with Crippen LogP contribution in [0.3, 0.4) is 0 Å². The summed E-state index contributed by atoms with van der Waals surface area (Å²) in [6, 6.07) is 0. The minimum absolute atomic E-state index is 0.0852. The molecule has 0 saturated carbocycles. The van der Waals surface area contributed by atoms with E-state index in [1.54, 1.807) is 0 Å². The van der Waals surface area contributed by atoms with Crippen LogP contribution in [-0.4, -0.2) is 96.7 Å². The highest BCUT2D eigenvalue weighted by Crippen LogP contribution is 2.45. The van der Waals surface area contributed by atoms with E-state index in [1.807, 2.05) is 0 Å². The number of phosphoric acid groups is 2. The van der Waals surface area contributed by atoms with Gasteiger partial charge in [0, 0.05) is 25.7 Å². The molecule has 0 radical (unpaired) electrons. The van der Waals surface area contributed by atoms with Gasteiger partial charge in [0.2, 0.25) is 0 Å². The summed E-state index contributed by atoms with van der Waals surface area (Å²) in [7, 11) is -9.91. The summed E-state index contributed by atoms with van der Waals surface area (Å²) in [5.74, 6) is -1.46. The molecule has 19 heteroatoms. The molecule has 0 aliphatic heterocycles. The molecule has 0 aliphatic carbocycles. The van der Waals surface area contributed by atoms with E-state index in [4.69, 9.17) is 37.0 Å². The molecular formula is C68H128O17P2. The number of hydrogen-bond acceptors (Lipinski definition) is 15. The minimum atomic E-state index is -4.96. The second-order valence-electron chi connectivity index (χ2n) is 24.4. The van der Waals surface area contributed by atoms with E-state index in [1.165, 1.54) is 135 Å². The Morgan fingerprint density at radius 1 is 0.356 bits per heavy atom. The zero-order chi connectivity index (χ0) is 64.2. The molecule has 0 spiro atoms. The van der Waals surface area contributed by atoms with Gasteiger partial charge in [0.15, 0.2) is 12.2 Å². The van der Waals surface area contributed by atoms with E-state index >= 15 is 0 Å². The van der Waals surface area contributed by atoms with Crippen molar-refractivity contribution in [1.82, 2.24) is 0 Å². The molecule has 0 aromatic rings. The van der Waals surface area contributed by atoms with Gasteiger partial charge >= 0.3 is 39.5 Å².